The van der Waals surface area contributed by atoms with Gasteiger partial charge in [0, 0.05) is 45.5 Å². The van der Waals surface area contributed by atoms with Crippen molar-refractivity contribution in [1.82, 2.24) is 14.9 Å². The second kappa shape index (κ2) is 7.22. The van der Waals surface area contributed by atoms with Gasteiger partial charge in [0.2, 0.25) is 5.91 Å². The summed E-state index contributed by atoms with van der Waals surface area (Å²) in [6.45, 7) is 4.27. The van der Waals surface area contributed by atoms with Gasteiger partial charge in [-0.05, 0) is 12.1 Å². The number of amides is 2. The van der Waals surface area contributed by atoms with Crippen LogP contribution >= 0.6 is 0 Å². The quantitative estimate of drug-likeness (QED) is 0.786. The molecular weight excluding hydrogens is 346 g/mol. The Morgan fingerprint density at radius 1 is 1.11 bits per heavy atom. The van der Waals surface area contributed by atoms with Crippen LogP contribution in [0.25, 0.3) is 0 Å². The molecule has 2 amide bonds. The van der Waals surface area contributed by atoms with Gasteiger partial charge in [-0.15, -0.1) is 0 Å². The van der Waals surface area contributed by atoms with Gasteiger partial charge >= 0.3 is 0 Å². The van der Waals surface area contributed by atoms with Gasteiger partial charge in [0.15, 0.2) is 6.10 Å². The van der Waals surface area contributed by atoms with Crippen molar-refractivity contribution in [2.75, 3.05) is 42.5 Å². The van der Waals surface area contributed by atoms with Crippen molar-refractivity contribution in [3.63, 3.8) is 0 Å². The number of benzene rings is 1. The van der Waals surface area contributed by atoms with Crippen LogP contribution in [0, 0.1) is 0 Å². The SMILES string of the molecule is CC(=O)N1C[C@H](C(=O)N2CCN(c3cnccn3)CC2)Oc2ccccc21. The predicted octanol–water partition coefficient (Wildman–Crippen LogP) is 0.939. The molecule has 0 bridgehead atoms. The first-order valence-electron chi connectivity index (χ1n) is 8.97. The largest absolute Gasteiger partial charge is 0.476 e. The van der Waals surface area contributed by atoms with Crippen LogP contribution in [0.4, 0.5) is 11.5 Å². The summed E-state index contributed by atoms with van der Waals surface area (Å²) < 4.78 is 5.92. The second-order valence-electron chi connectivity index (χ2n) is 6.58. The molecule has 0 saturated carbocycles. The summed E-state index contributed by atoms with van der Waals surface area (Å²) in [5, 5.41) is 0. The molecule has 1 atom stereocenters. The van der Waals surface area contributed by atoms with Crippen LogP contribution in [0.3, 0.4) is 0 Å². The minimum absolute atomic E-state index is 0.0884. The number of piperazine rings is 1. The van der Waals surface area contributed by atoms with E-state index in [1.165, 1.54) is 6.92 Å². The zero-order valence-corrected chi connectivity index (χ0v) is 15.1. The van der Waals surface area contributed by atoms with Gasteiger partial charge in [-0.2, -0.15) is 0 Å². The standard InChI is InChI=1S/C19H21N5O3/c1-14(25)24-13-17(27-16-5-3-2-4-15(16)24)19(26)23-10-8-22(9-11-23)18-12-20-6-7-21-18/h2-7,12,17H,8-11,13H2,1H3/t17-/m1/s1. The third-order valence-corrected chi connectivity index (χ3v) is 4.89. The lowest BCUT2D eigenvalue weighted by Crippen LogP contribution is -2.56. The number of aromatic nitrogens is 2. The van der Waals surface area contributed by atoms with Gasteiger partial charge in [-0.25, -0.2) is 4.98 Å². The Kier molecular flexibility index (Phi) is 4.62. The minimum Gasteiger partial charge on any atom is -0.476 e. The molecule has 1 fully saturated rings. The van der Waals surface area contributed by atoms with Crippen LogP contribution < -0.4 is 14.5 Å². The summed E-state index contributed by atoms with van der Waals surface area (Å²) >= 11 is 0. The Balaban J connectivity index is 1.44. The summed E-state index contributed by atoms with van der Waals surface area (Å²) in [6.07, 6.45) is 4.34. The Labute approximate surface area is 157 Å². The van der Waals surface area contributed by atoms with Crippen molar-refractivity contribution >= 4 is 23.3 Å². The van der Waals surface area contributed by atoms with E-state index < -0.39 is 6.10 Å². The Morgan fingerprint density at radius 2 is 1.89 bits per heavy atom. The minimum atomic E-state index is -0.688. The van der Waals surface area contributed by atoms with Crippen molar-refractivity contribution in [2.45, 2.75) is 13.0 Å². The van der Waals surface area contributed by atoms with Crippen molar-refractivity contribution in [3.8, 4) is 5.75 Å². The fraction of sp³-hybridized carbons (Fsp3) is 0.368. The number of hydrogen-bond acceptors (Lipinski definition) is 6. The second-order valence-corrected chi connectivity index (χ2v) is 6.58. The summed E-state index contributed by atoms with van der Waals surface area (Å²) in [5.41, 5.74) is 0.710. The normalized spacial score (nSPS) is 19.3. The van der Waals surface area contributed by atoms with E-state index in [4.69, 9.17) is 4.74 Å². The molecule has 1 saturated heterocycles. The van der Waals surface area contributed by atoms with Gasteiger partial charge in [0.1, 0.15) is 11.6 Å². The van der Waals surface area contributed by atoms with Crippen LogP contribution in [-0.2, 0) is 9.59 Å². The van der Waals surface area contributed by atoms with Gasteiger partial charge < -0.3 is 19.4 Å². The molecule has 0 aliphatic carbocycles. The molecule has 140 valence electrons. The number of fused-ring (bicyclic) bond motifs is 1. The van der Waals surface area contributed by atoms with Crippen molar-refractivity contribution in [2.24, 2.45) is 0 Å². The highest BCUT2D eigenvalue weighted by Gasteiger charge is 2.36. The summed E-state index contributed by atoms with van der Waals surface area (Å²) in [4.78, 5) is 38.9. The number of rotatable bonds is 2. The smallest absolute Gasteiger partial charge is 0.265 e. The number of nitrogens with zero attached hydrogens (tertiary/aromatic N) is 5. The van der Waals surface area contributed by atoms with Crippen molar-refractivity contribution in [3.05, 3.63) is 42.9 Å². The summed E-state index contributed by atoms with van der Waals surface area (Å²) in [7, 11) is 0. The third-order valence-electron chi connectivity index (χ3n) is 4.89. The molecule has 0 N–H and O–H groups in total. The highest BCUT2D eigenvalue weighted by atomic mass is 16.5. The van der Waals surface area contributed by atoms with Crippen molar-refractivity contribution < 1.29 is 14.3 Å². The van der Waals surface area contributed by atoms with E-state index in [1.807, 2.05) is 18.2 Å². The maximum absolute atomic E-state index is 13.0. The molecule has 0 radical (unpaired) electrons. The topological polar surface area (TPSA) is 78.9 Å². The van der Waals surface area contributed by atoms with Crippen LogP contribution in [0.1, 0.15) is 6.92 Å². The highest BCUT2D eigenvalue weighted by molar-refractivity contribution is 5.95. The number of para-hydroxylation sites is 2. The first-order valence-corrected chi connectivity index (χ1v) is 8.97. The van der Waals surface area contributed by atoms with E-state index in [-0.39, 0.29) is 18.4 Å². The Hall–Kier alpha value is -3.16. The summed E-state index contributed by atoms with van der Waals surface area (Å²) in [6, 6.07) is 7.31. The highest BCUT2D eigenvalue weighted by Crippen LogP contribution is 2.33. The van der Waals surface area contributed by atoms with Gasteiger partial charge in [0.25, 0.3) is 5.91 Å². The molecular formula is C19H21N5O3. The monoisotopic (exact) mass is 367 g/mol. The number of carbonyl (C=O) groups excluding carboxylic acids is 2. The van der Waals surface area contributed by atoms with Crippen LogP contribution in [0.5, 0.6) is 5.75 Å². The first-order chi connectivity index (χ1) is 13.1. The zero-order chi connectivity index (χ0) is 18.8. The maximum atomic E-state index is 13.0. The van der Waals surface area contributed by atoms with Crippen LogP contribution in [0.2, 0.25) is 0 Å². The molecule has 8 nitrogen and oxygen atoms in total. The molecule has 0 unspecified atom stereocenters. The maximum Gasteiger partial charge on any atom is 0.265 e. The molecule has 27 heavy (non-hydrogen) atoms. The number of ether oxygens (including phenoxy) is 1. The summed E-state index contributed by atoms with van der Waals surface area (Å²) in [5.74, 6) is 1.19. The molecule has 2 aliphatic rings. The van der Waals surface area contributed by atoms with E-state index in [1.54, 1.807) is 34.5 Å². The number of anilines is 2. The lowest BCUT2D eigenvalue weighted by Gasteiger charge is -2.39. The molecule has 1 aromatic carbocycles. The van der Waals surface area contributed by atoms with E-state index in [0.717, 1.165) is 5.82 Å². The van der Waals surface area contributed by atoms with E-state index in [0.29, 0.717) is 37.6 Å². The zero-order valence-electron chi connectivity index (χ0n) is 15.1. The lowest BCUT2D eigenvalue weighted by molar-refractivity contribution is -0.139. The molecule has 2 aliphatic heterocycles. The van der Waals surface area contributed by atoms with Crippen LogP contribution in [-0.4, -0.2) is 65.5 Å². The molecule has 3 heterocycles. The molecule has 2 aromatic rings. The fourth-order valence-corrected chi connectivity index (χ4v) is 3.48. The van der Waals surface area contributed by atoms with Crippen molar-refractivity contribution in [1.29, 1.82) is 0 Å². The Morgan fingerprint density at radius 3 is 2.59 bits per heavy atom. The molecule has 4 rings (SSSR count). The van der Waals surface area contributed by atoms with Crippen LogP contribution in [0.15, 0.2) is 42.9 Å². The molecule has 8 heteroatoms. The van der Waals surface area contributed by atoms with Gasteiger partial charge in [0.05, 0.1) is 18.4 Å². The predicted molar refractivity (Wildman–Crippen MR) is 99.7 cm³/mol. The molecule has 0 spiro atoms. The van der Waals surface area contributed by atoms with E-state index in [2.05, 4.69) is 14.9 Å². The number of hydrogen-bond donors (Lipinski definition) is 0. The average Bonchev–Trinajstić information content (AvgIpc) is 2.73. The first kappa shape index (κ1) is 17.3. The third kappa shape index (κ3) is 3.42. The van der Waals surface area contributed by atoms with Gasteiger partial charge in [-0.1, -0.05) is 12.1 Å². The van der Waals surface area contributed by atoms with Gasteiger partial charge in [-0.3, -0.25) is 14.6 Å². The lowest BCUT2D eigenvalue weighted by atomic mass is 10.1. The van der Waals surface area contributed by atoms with E-state index >= 15 is 0 Å². The average molecular weight is 367 g/mol. The fourth-order valence-electron chi connectivity index (χ4n) is 3.48. The molecule has 1 aromatic heterocycles. The number of carbonyl (C=O) groups is 2. The van der Waals surface area contributed by atoms with E-state index in [9.17, 15) is 9.59 Å². The Bertz CT molecular complexity index is 836.